The van der Waals surface area contributed by atoms with Gasteiger partial charge in [0.25, 0.3) is 0 Å². The molecular formula is C13H26N2OS. The summed E-state index contributed by atoms with van der Waals surface area (Å²) in [6.07, 6.45) is 4.25. The molecular weight excluding hydrogens is 232 g/mol. The van der Waals surface area contributed by atoms with Gasteiger partial charge in [0.2, 0.25) is 5.91 Å². The van der Waals surface area contributed by atoms with Crippen LogP contribution in [0.2, 0.25) is 0 Å². The van der Waals surface area contributed by atoms with Crippen molar-refractivity contribution in [3.05, 3.63) is 0 Å². The molecule has 0 spiro atoms. The summed E-state index contributed by atoms with van der Waals surface area (Å²) in [7, 11) is 0. The summed E-state index contributed by atoms with van der Waals surface area (Å²) in [5.74, 6) is 1.34. The molecule has 17 heavy (non-hydrogen) atoms. The lowest BCUT2D eigenvalue weighted by atomic mass is 10.2. The SMILES string of the molecule is CCNC(C)CC(=O)NC1CCCC1SCC. The largest absolute Gasteiger partial charge is 0.352 e. The summed E-state index contributed by atoms with van der Waals surface area (Å²) in [5, 5.41) is 7.11. The van der Waals surface area contributed by atoms with E-state index in [0.717, 1.165) is 18.7 Å². The van der Waals surface area contributed by atoms with E-state index in [4.69, 9.17) is 0 Å². The second-order valence-electron chi connectivity index (χ2n) is 4.76. The van der Waals surface area contributed by atoms with Gasteiger partial charge < -0.3 is 10.6 Å². The fourth-order valence-electron chi connectivity index (χ4n) is 2.47. The van der Waals surface area contributed by atoms with Crippen molar-refractivity contribution in [1.82, 2.24) is 10.6 Å². The average Bonchev–Trinajstić information content (AvgIpc) is 2.66. The molecule has 1 saturated carbocycles. The lowest BCUT2D eigenvalue weighted by Crippen LogP contribution is -2.41. The van der Waals surface area contributed by atoms with Gasteiger partial charge in [0.1, 0.15) is 0 Å². The van der Waals surface area contributed by atoms with E-state index in [0.29, 0.717) is 17.7 Å². The van der Waals surface area contributed by atoms with Crippen LogP contribution in [0.1, 0.15) is 46.5 Å². The van der Waals surface area contributed by atoms with Crippen LogP contribution in [0.4, 0.5) is 0 Å². The Morgan fingerprint density at radius 3 is 2.82 bits per heavy atom. The van der Waals surface area contributed by atoms with Crippen molar-refractivity contribution >= 4 is 17.7 Å². The number of carbonyl (C=O) groups excluding carboxylic acids is 1. The summed E-state index contributed by atoms with van der Waals surface area (Å²) >= 11 is 1.99. The van der Waals surface area contributed by atoms with E-state index in [-0.39, 0.29) is 11.9 Å². The normalized spacial score (nSPS) is 25.8. The molecule has 0 aliphatic heterocycles. The van der Waals surface area contributed by atoms with Gasteiger partial charge in [-0.15, -0.1) is 0 Å². The van der Waals surface area contributed by atoms with Crippen LogP contribution >= 0.6 is 11.8 Å². The van der Waals surface area contributed by atoms with Crippen LogP contribution in [0.15, 0.2) is 0 Å². The summed E-state index contributed by atoms with van der Waals surface area (Å²) in [6, 6.07) is 0.681. The zero-order valence-electron chi connectivity index (χ0n) is 11.3. The standard InChI is InChI=1S/C13H26N2OS/c1-4-14-10(3)9-13(16)15-11-7-6-8-12(11)17-5-2/h10-12,14H,4-9H2,1-3H3,(H,15,16). The number of amides is 1. The molecule has 3 nitrogen and oxygen atoms in total. The van der Waals surface area contributed by atoms with Crippen LogP contribution in [-0.2, 0) is 4.79 Å². The Bertz CT molecular complexity index is 235. The van der Waals surface area contributed by atoms with Gasteiger partial charge in [-0.2, -0.15) is 11.8 Å². The second kappa shape index (κ2) is 7.98. The van der Waals surface area contributed by atoms with Crippen LogP contribution in [0.5, 0.6) is 0 Å². The van der Waals surface area contributed by atoms with Gasteiger partial charge in [0.05, 0.1) is 0 Å². The molecule has 0 heterocycles. The summed E-state index contributed by atoms with van der Waals surface area (Å²) in [5.41, 5.74) is 0. The Morgan fingerprint density at radius 2 is 2.18 bits per heavy atom. The van der Waals surface area contributed by atoms with Gasteiger partial charge in [0.15, 0.2) is 0 Å². The number of rotatable bonds is 7. The van der Waals surface area contributed by atoms with E-state index in [1.807, 2.05) is 11.8 Å². The lowest BCUT2D eigenvalue weighted by Gasteiger charge is -2.21. The molecule has 0 aromatic carbocycles. The lowest BCUT2D eigenvalue weighted by molar-refractivity contribution is -0.122. The highest BCUT2D eigenvalue weighted by atomic mass is 32.2. The summed E-state index contributed by atoms with van der Waals surface area (Å²) in [4.78, 5) is 11.9. The van der Waals surface area contributed by atoms with Crippen LogP contribution < -0.4 is 10.6 Å². The molecule has 0 bridgehead atoms. The first-order valence-corrected chi connectivity index (χ1v) is 7.86. The van der Waals surface area contributed by atoms with E-state index < -0.39 is 0 Å². The number of hydrogen-bond donors (Lipinski definition) is 2. The average molecular weight is 258 g/mol. The highest BCUT2D eigenvalue weighted by molar-refractivity contribution is 7.99. The Kier molecular flexibility index (Phi) is 6.97. The van der Waals surface area contributed by atoms with Crippen molar-refractivity contribution in [1.29, 1.82) is 0 Å². The van der Waals surface area contributed by atoms with Gasteiger partial charge >= 0.3 is 0 Å². The molecule has 0 aromatic rings. The topological polar surface area (TPSA) is 41.1 Å². The van der Waals surface area contributed by atoms with E-state index in [9.17, 15) is 4.79 Å². The van der Waals surface area contributed by atoms with Gasteiger partial charge in [-0.25, -0.2) is 0 Å². The molecule has 0 radical (unpaired) electrons. The zero-order chi connectivity index (χ0) is 12.7. The maximum absolute atomic E-state index is 11.9. The van der Waals surface area contributed by atoms with Crippen LogP contribution in [-0.4, -0.2) is 35.5 Å². The minimum Gasteiger partial charge on any atom is -0.352 e. The number of nitrogens with one attached hydrogen (secondary N) is 2. The van der Waals surface area contributed by atoms with Gasteiger partial charge in [-0.3, -0.25) is 4.79 Å². The van der Waals surface area contributed by atoms with Crippen molar-refractivity contribution in [2.45, 2.75) is 63.8 Å². The highest BCUT2D eigenvalue weighted by Gasteiger charge is 2.28. The first-order chi connectivity index (χ1) is 8.17. The van der Waals surface area contributed by atoms with Crippen molar-refractivity contribution in [3.8, 4) is 0 Å². The molecule has 1 rings (SSSR count). The number of thioether (sulfide) groups is 1. The molecule has 1 aliphatic rings. The van der Waals surface area contributed by atoms with Gasteiger partial charge in [0, 0.05) is 23.8 Å². The van der Waals surface area contributed by atoms with E-state index in [1.54, 1.807) is 0 Å². The highest BCUT2D eigenvalue weighted by Crippen LogP contribution is 2.29. The fraction of sp³-hybridized carbons (Fsp3) is 0.923. The molecule has 2 N–H and O–H groups in total. The smallest absolute Gasteiger partial charge is 0.221 e. The molecule has 0 aromatic heterocycles. The summed E-state index contributed by atoms with van der Waals surface area (Å²) < 4.78 is 0. The first-order valence-electron chi connectivity index (χ1n) is 6.81. The van der Waals surface area contributed by atoms with E-state index >= 15 is 0 Å². The third-order valence-electron chi connectivity index (χ3n) is 3.22. The minimum atomic E-state index is 0.201. The third kappa shape index (κ3) is 5.30. The molecule has 1 amide bonds. The molecule has 100 valence electrons. The molecule has 4 heteroatoms. The van der Waals surface area contributed by atoms with Crippen molar-refractivity contribution in [2.24, 2.45) is 0 Å². The molecule has 1 fully saturated rings. The van der Waals surface area contributed by atoms with E-state index in [2.05, 4.69) is 31.4 Å². The number of hydrogen-bond acceptors (Lipinski definition) is 3. The second-order valence-corrected chi connectivity index (χ2v) is 6.28. The minimum absolute atomic E-state index is 0.201. The van der Waals surface area contributed by atoms with Crippen LogP contribution in [0.3, 0.4) is 0 Å². The maximum atomic E-state index is 11.9. The predicted molar refractivity (Wildman–Crippen MR) is 75.5 cm³/mol. The van der Waals surface area contributed by atoms with Gasteiger partial charge in [-0.1, -0.05) is 20.3 Å². The fourth-order valence-corrected chi connectivity index (χ4v) is 3.67. The van der Waals surface area contributed by atoms with Crippen molar-refractivity contribution < 1.29 is 4.79 Å². The first kappa shape index (κ1) is 14.8. The van der Waals surface area contributed by atoms with E-state index in [1.165, 1.54) is 12.8 Å². The quantitative estimate of drug-likeness (QED) is 0.735. The van der Waals surface area contributed by atoms with Crippen LogP contribution in [0, 0.1) is 0 Å². The van der Waals surface area contributed by atoms with Crippen molar-refractivity contribution in [3.63, 3.8) is 0 Å². The van der Waals surface area contributed by atoms with Crippen LogP contribution in [0.25, 0.3) is 0 Å². The molecule has 3 unspecified atom stereocenters. The molecule has 3 atom stereocenters. The Balaban J connectivity index is 2.29. The maximum Gasteiger partial charge on any atom is 0.221 e. The Labute approximate surface area is 109 Å². The summed E-state index contributed by atoms with van der Waals surface area (Å²) in [6.45, 7) is 7.25. The third-order valence-corrected chi connectivity index (χ3v) is 4.55. The monoisotopic (exact) mass is 258 g/mol. The number of carbonyl (C=O) groups is 1. The predicted octanol–water partition coefficient (Wildman–Crippen LogP) is 2.16. The Hall–Kier alpha value is -0.220. The molecule has 0 saturated heterocycles. The zero-order valence-corrected chi connectivity index (χ0v) is 12.1. The van der Waals surface area contributed by atoms with Crippen molar-refractivity contribution in [2.75, 3.05) is 12.3 Å². The Morgan fingerprint density at radius 1 is 1.41 bits per heavy atom. The van der Waals surface area contributed by atoms with Gasteiger partial charge in [-0.05, 0) is 32.1 Å². The molecule has 1 aliphatic carbocycles.